The fraction of sp³-hybridized carbons (Fsp3) is 0.111. The fourth-order valence-corrected chi connectivity index (χ4v) is 3.02. The summed E-state index contributed by atoms with van der Waals surface area (Å²) in [4.78, 5) is 26.8. The minimum atomic E-state index is -0.158. The van der Waals surface area contributed by atoms with Gasteiger partial charge in [-0.3, -0.25) is 4.79 Å². The molecule has 126 valence electrons. The maximum Gasteiger partial charge on any atom is 0.272 e. The predicted molar refractivity (Wildman–Crippen MR) is 102 cm³/mol. The van der Waals surface area contributed by atoms with Crippen LogP contribution in [0.5, 0.6) is 0 Å². The number of hydrogen-bond donors (Lipinski definition) is 0. The summed E-state index contributed by atoms with van der Waals surface area (Å²) in [5.74, 6) is -0.158. The molecule has 0 atom stereocenters. The third-order valence-electron chi connectivity index (χ3n) is 3.54. The average Bonchev–Trinajstić information content (AvgIpc) is 3.12. The number of benzene rings is 1. The molecule has 0 radical (unpaired) electrons. The normalized spacial score (nSPS) is 10.5. The van der Waals surface area contributed by atoms with E-state index in [9.17, 15) is 4.79 Å². The fourth-order valence-electron chi connectivity index (χ4n) is 2.28. The van der Waals surface area contributed by atoms with Gasteiger partial charge in [0.2, 0.25) is 5.13 Å². The highest BCUT2D eigenvalue weighted by Gasteiger charge is 2.15. The molecular weight excluding hydrogens is 356 g/mol. The Hall–Kier alpha value is -2.57. The Morgan fingerprint density at radius 2 is 1.96 bits per heavy atom. The van der Waals surface area contributed by atoms with Gasteiger partial charge in [0.05, 0.1) is 5.69 Å². The highest BCUT2D eigenvalue weighted by Crippen LogP contribution is 2.25. The van der Waals surface area contributed by atoms with Gasteiger partial charge in [-0.05, 0) is 36.5 Å². The van der Waals surface area contributed by atoms with Crippen LogP contribution in [0, 0.1) is 0 Å². The lowest BCUT2D eigenvalue weighted by atomic mass is 10.2. The molecule has 0 saturated carbocycles. The van der Waals surface area contributed by atoms with Crippen LogP contribution in [0.15, 0.2) is 52.8 Å². The van der Waals surface area contributed by atoms with Crippen LogP contribution in [0.25, 0.3) is 11.4 Å². The van der Waals surface area contributed by atoms with Gasteiger partial charge in [-0.15, -0.1) is 11.3 Å². The molecule has 0 aliphatic rings. The van der Waals surface area contributed by atoms with Crippen LogP contribution >= 0.6 is 22.9 Å². The SMILES string of the molecule is C=Nc1nc(-c2cccc(C(=O)N(C)Cc3ccc(Cl)cc3)n2)cs1. The second kappa shape index (κ2) is 7.55. The molecule has 0 unspecified atom stereocenters. The molecule has 25 heavy (non-hydrogen) atoms. The average molecular weight is 371 g/mol. The van der Waals surface area contributed by atoms with Crippen LogP contribution < -0.4 is 0 Å². The molecule has 0 bridgehead atoms. The molecule has 0 aliphatic carbocycles. The van der Waals surface area contributed by atoms with E-state index in [0.29, 0.717) is 33.8 Å². The zero-order chi connectivity index (χ0) is 17.8. The molecule has 5 nitrogen and oxygen atoms in total. The first-order chi connectivity index (χ1) is 12.1. The van der Waals surface area contributed by atoms with Crippen LogP contribution in [0.2, 0.25) is 5.02 Å². The van der Waals surface area contributed by atoms with Crippen molar-refractivity contribution in [3.63, 3.8) is 0 Å². The molecule has 0 spiro atoms. The highest BCUT2D eigenvalue weighted by atomic mass is 35.5. The van der Waals surface area contributed by atoms with E-state index in [1.807, 2.05) is 35.7 Å². The first-order valence-electron chi connectivity index (χ1n) is 7.46. The number of halogens is 1. The summed E-state index contributed by atoms with van der Waals surface area (Å²) in [5, 5.41) is 3.09. The van der Waals surface area contributed by atoms with E-state index >= 15 is 0 Å². The molecule has 3 rings (SSSR count). The Labute approximate surface area is 154 Å². The van der Waals surface area contributed by atoms with Gasteiger partial charge in [-0.25, -0.2) is 15.0 Å². The topological polar surface area (TPSA) is 58.5 Å². The summed E-state index contributed by atoms with van der Waals surface area (Å²) < 4.78 is 0. The van der Waals surface area contributed by atoms with Gasteiger partial charge in [0, 0.05) is 24.0 Å². The van der Waals surface area contributed by atoms with Crippen molar-refractivity contribution in [3.05, 3.63) is 64.1 Å². The number of carbonyl (C=O) groups is 1. The van der Waals surface area contributed by atoms with Crippen molar-refractivity contribution >= 4 is 40.7 Å². The second-order valence-corrected chi connectivity index (χ2v) is 6.64. The molecule has 2 aromatic heterocycles. The van der Waals surface area contributed by atoms with Gasteiger partial charge in [-0.1, -0.05) is 29.8 Å². The van der Waals surface area contributed by atoms with Gasteiger partial charge in [0.15, 0.2) is 0 Å². The lowest BCUT2D eigenvalue weighted by Crippen LogP contribution is -2.27. The number of hydrogen-bond acceptors (Lipinski definition) is 5. The van der Waals surface area contributed by atoms with E-state index in [2.05, 4.69) is 21.7 Å². The highest BCUT2D eigenvalue weighted by molar-refractivity contribution is 7.13. The van der Waals surface area contributed by atoms with Gasteiger partial charge in [-0.2, -0.15) is 0 Å². The van der Waals surface area contributed by atoms with E-state index < -0.39 is 0 Å². The third kappa shape index (κ3) is 4.10. The minimum Gasteiger partial charge on any atom is -0.336 e. The van der Waals surface area contributed by atoms with Crippen LogP contribution in [0.1, 0.15) is 16.1 Å². The van der Waals surface area contributed by atoms with E-state index in [1.165, 1.54) is 11.3 Å². The molecule has 0 aliphatic heterocycles. The monoisotopic (exact) mass is 370 g/mol. The van der Waals surface area contributed by atoms with Gasteiger partial charge >= 0.3 is 0 Å². The smallest absolute Gasteiger partial charge is 0.272 e. The van der Waals surface area contributed by atoms with Crippen molar-refractivity contribution in [3.8, 4) is 11.4 Å². The Morgan fingerprint density at radius 1 is 1.20 bits per heavy atom. The molecular formula is C18H15ClN4OS. The number of pyridine rings is 1. The van der Waals surface area contributed by atoms with E-state index in [0.717, 1.165) is 5.56 Å². The standard InChI is InChI=1S/C18H15ClN4OS/c1-20-18-22-16(11-25-18)14-4-3-5-15(21-14)17(24)23(2)10-12-6-8-13(19)9-7-12/h3-9,11H,1,10H2,2H3. The number of carbonyl (C=O) groups excluding carboxylic acids is 1. The molecule has 0 fully saturated rings. The number of thiazole rings is 1. The molecule has 0 saturated heterocycles. The molecule has 1 amide bonds. The van der Waals surface area contributed by atoms with Gasteiger partial charge < -0.3 is 4.90 Å². The largest absolute Gasteiger partial charge is 0.336 e. The zero-order valence-electron chi connectivity index (χ0n) is 13.5. The summed E-state index contributed by atoms with van der Waals surface area (Å²) in [5.41, 5.74) is 2.69. The number of aromatic nitrogens is 2. The Balaban J connectivity index is 1.78. The maximum absolute atomic E-state index is 12.7. The first kappa shape index (κ1) is 17.3. The Bertz CT molecular complexity index is 907. The summed E-state index contributed by atoms with van der Waals surface area (Å²) >= 11 is 7.27. The van der Waals surface area contributed by atoms with Crippen molar-refractivity contribution in [2.24, 2.45) is 4.99 Å². The summed E-state index contributed by atoms with van der Waals surface area (Å²) in [7, 11) is 1.74. The molecule has 2 heterocycles. The second-order valence-electron chi connectivity index (χ2n) is 5.37. The number of amides is 1. The van der Waals surface area contributed by atoms with Crippen molar-refractivity contribution in [1.29, 1.82) is 0 Å². The van der Waals surface area contributed by atoms with Crippen molar-refractivity contribution in [1.82, 2.24) is 14.9 Å². The molecule has 3 aromatic rings. The minimum absolute atomic E-state index is 0.158. The van der Waals surface area contributed by atoms with Crippen LogP contribution in [-0.4, -0.2) is 34.5 Å². The van der Waals surface area contributed by atoms with Crippen molar-refractivity contribution < 1.29 is 4.79 Å². The third-order valence-corrected chi connectivity index (χ3v) is 4.56. The van der Waals surface area contributed by atoms with Crippen molar-refractivity contribution in [2.45, 2.75) is 6.54 Å². The molecule has 1 aromatic carbocycles. The van der Waals surface area contributed by atoms with Crippen LogP contribution in [-0.2, 0) is 6.54 Å². The Kier molecular flexibility index (Phi) is 5.21. The lowest BCUT2D eigenvalue weighted by Gasteiger charge is -2.17. The first-order valence-corrected chi connectivity index (χ1v) is 8.72. The quantitative estimate of drug-likeness (QED) is 0.623. The number of aliphatic imine (C=N–C) groups is 1. The Morgan fingerprint density at radius 3 is 2.64 bits per heavy atom. The van der Waals surface area contributed by atoms with Gasteiger partial charge in [0.1, 0.15) is 11.4 Å². The van der Waals surface area contributed by atoms with Gasteiger partial charge in [0.25, 0.3) is 5.91 Å². The maximum atomic E-state index is 12.7. The van der Waals surface area contributed by atoms with Crippen LogP contribution in [0.3, 0.4) is 0 Å². The van der Waals surface area contributed by atoms with Crippen molar-refractivity contribution in [2.75, 3.05) is 7.05 Å². The molecule has 0 N–H and O–H groups in total. The van der Waals surface area contributed by atoms with E-state index in [-0.39, 0.29) is 5.91 Å². The molecule has 7 heteroatoms. The van der Waals surface area contributed by atoms with Crippen LogP contribution in [0.4, 0.5) is 5.13 Å². The predicted octanol–water partition coefficient (Wildman–Crippen LogP) is 4.46. The summed E-state index contributed by atoms with van der Waals surface area (Å²) in [6.45, 7) is 3.94. The zero-order valence-corrected chi connectivity index (χ0v) is 15.1. The van der Waals surface area contributed by atoms with E-state index in [4.69, 9.17) is 11.6 Å². The summed E-state index contributed by atoms with van der Waals surface area (Å²) in [6.07, 6.45) is 0. The van der Waals surface area contributed by atoms with E-state index in [1.54, 1.807) is 24.1 Å². The summed E-state index contributed by atoms with van der Waals surface area (Å²) in [6, 6.07) is 12.7. The number of rotatable bonds is 5. The lowest BCUT2D eigenvalue weighted by molar-refractivity contribution is 0.0779. The number of nitrogens with zero attached hydrogens (tertiary/aromatic N) is 4.